The molecule has 0 saturated heterocycles. The number of rotatable bonds is 2. The van der Waals surface area contributed by atoms with E-state index < -0.39 is 5.60 Å². The zero-order chi connectivity index (χ0) is 13.5. The summed E-state index contributed by atoms with van der Waals surface area (Å²) in [6.07, 6.45) is 14.4. The Morgan fingerprint density at radius 1 is 1.37 bits per heavy atom. The average molecular weight is 260 g/mol. The van der Waals surface area contributed by atoms with Gasteiger partial charge in [-0.2, -0.15) is 0 Å². The summed E-state index contributed by atoms with van der Waals surface area (Å²) in [6, 6.07) is 0. The third kappa shape index (κ3) is 2.09. The zero-order valence-corrected chi connectivity index (χ0v) is 11.8. The maximum absolute atomic E-state index is 10.5. The lowest BCUT2D eigenvalue weighted by Crippen LogP contribution is -2.37. The lowest BCUT2D eigenvalue weighted by atomic mass is 9.73. The van der Waals surface area contributed by atoms with Gasteiger partial charge in [0, 0.05) is 12.3 Å². The van der Waals surface area contributed by atoms with E-state index >= 15 is 0 Å². The average Bonchev–Trinajstić information content (AvgIpc) is 2.78. The van der Waals surface area contributed by atoms with Crippen molar-refractivity contribution in [2.75, 3.05) is 0 Å². The summed E-state index contributed by atoms with van der Waals surface area (Å²) in [5, 5.41) is 10.5. The van der Waals surface area contributed by atoms with Crippen LogP contribution in [0.5, 0.6) is 0 Å². The molecule has 19 heavy (non-hydrogen) atoms. The molecule has 1 aliphatic heterocycles. The Hall–Kier alpha value is -0.940. The number of terminal acetylenes is 1. The van der Waals surface area contributed by atoms with Gasteiger partial charge >= 0.3 is 0 Å². The summed E-state index contributed by atoms with van der Waals surface area (Å²) in [6.45, 7) is 2.22. The lowest BCUT2D eigenvalue weighted by molar-refractivity contribution is 0.0217. The van der Waals surface area contributed by atoms with E-state index in [-0.39, 0.29) is 5.92 Å². The fraction of sp³-hybridized carbons (Fsp3) is 0.765. The van der Waals surface area contributed by atoms with Gasteiger partial charge in [0.25, 0.3) is 0 Å². The minimum absolute atomic E-state index is 0.266. The molecule has 104 valence electrons. The Morgan fingerprint density at radius 2 is 2.21 bits per heavy atom. The van der Waals surface area contributed by atoms with E-state index in [1.54, 1.807) is 0 Å². The van der Waals surface area contributed by atoms with Crippen LogP contribution in [0.15, 0.2) is 11.3 Å². The van der Waals surface area contributed by atoms with Gasteiger partial charge in [0.2, 0.25) is 0 Å². The van der Waals surface area contributed by atoms with Gasteiger partial charge in [0.1, 0.15) is 5.60 Å². The molecule has 0 aromatic rings. The largest absolute Gasteiger partial charge is 0.495 e. The van der Waals surface area contributed by atoms with Crippen LogP contribution in [0.3, 0.4) is 0 Å². The normalized spacial score (nSPS) is 41.2. The summed E-state index contributed by atoms with van der Waals surface area (Å²) < 4.78 is 6.19. The maximum Gasteiger partial charge on any atom is 0.128 e. The molecule has 0 radical (unpaired) electrons. The maximum atomic E-state index is 10.5. The summed E-state index contributed by atoms with van der Waals surface area (Å²) in [7, 11) is 0. The summed E-state index contributed by atoms with van der Waals surface area (Å²) in [5.74, 6) is 4.64. The van der Waals surface area contributed by atoms with Crippen LogP contribution in [0.4, 0.5) is 0 Å². The van der Waals surface area contributed by atoms with Gasteiger partial charge in [-0.3, -0.25) is 0 Å². The van der Waals surface area contributed by atoms with Crippen LogP contribution in [0.2, 0.25) is 0 Å². The van der Waals surface area contributed by atoms with Crippen molar-refractivity contribution < 1.29 is 9.84 Å². The topological polar surface area (TPSA) is 29.5 Å². The third-order valence-electron chi connectivity index (χ3n) is 5.33. The minimum atomic E-state index is -0.858. The molecule has 3 rings (SSSR count). The quantitative estimate of drug-likeness (QED) is 0.771. The molecular formula is C17H24O2. The Balaban J connectivity index is 1.80. The first-order valence-corrected chi connectivity index (χ1v) is 7.76. The van der Waals surface area contributed by atoms with Crippen LogP contribution in [-0.4, -0.2) is 16.8 Å². The zero-order valence-electron chi connectivity index (χ0n) is 11.8. The predicted octanol–water partition coefficient (Wildman–Crippen LogP) is 3.40. The number of aliphatic hydroxyl groups is 1. The Bertz CT molecular complexity index is 431. The Morgan fingerprint density at radius 3 is 2.95 bits per heavy atom. The van der Waals surface area contributed by atoms with E-state index in [2.05, 4.69) is 12.8 Å². The predicted molar refractivity (Wildman–Crippen MR) is 75.3 cm³/mol. The first-order valence-electron chi connectivity index (χ1n) is 7.76. The van der Waals surface area contributed by atoms with Crippen molar-refractivity contribution in [2.24, 2.45) is 11.8 Å². The molecule has 1 unspecified atom stereocenters. The Kier molecular flexibility index (Phi) is 3.35. The molecule has 3 aliphatic rings. The molecule has 4 atom stereocenters. The highest BCUT2D eigenvalue weighted by atomic mass is 16.5. The van der Waals surface area contributed by atoms with Crippen LogP contribution >= 0.6 is 0 Å². The van der Waals surface area contributed by atoms with Gasteiger partial charge in [0.05, 0.1) is 11.9 Å². The minimum Gasteiger partial charge on any atom is -0.495 e. The first-order chi connectivity index (χ1) is 9.18. The summed E-state index contributed by atoms with van der Waals surface area (Å²) in [4.78, 5) is 0. The first kappa shape index (κ1) is 13.1. The second-order valence-corrected chi connectivity index (χ2v) is 6.37. The van der Waals surface area contributed by atoms with Crippen molar-refractivity contribution in [1.29, 1.82) is 0 Å². The number of hydrogen-bond donors (Lipinski definition) is 1. The van der Waals surface area contributed by atoms with Gasteiger partial charge in [0.15, 0.2) is 0 Å². The van der Waals surface area contributed by atoms with Crippen molar-refractivity contribution in [2.45, 2.75) is 70.0 Å². The fourth-order valence-corrected chi connectivity index (χ4v) is 4.35. The number of fused-ring (bicyclic) bond motifs is 2. The molecule has 0 aromatic carbocycles. The van der Waals surface area contributed by atoms with Gasteiger partial charge in [-0.15, -0.1) is 6.42 Å². The smallest absolute Gasteiger partial charge is 0.128 e. The van der Waals surface area contributed by atoms with E-state index in [1.165, 1.54) is 24.2 Å². The van der Waals surface area contributed by atoms with Crippen molar-refractivity contribution in [3.05, 3.63) is 11.3 Å². The molecule has 2 aliphatic carbocycles. The third-order valence-corrected chi connectivity index (χ3v) is 5.33. The fourth-order valence-electron chi connectivity index (χ4n) is 4.35. The molecular weight excluding hydrogens is 236 g/mol. The van der Waals surface area contributed by atoms with Crippen molar-refractivity contribution in [3.8, 4) is 12.3 Å². The summed E-state index contributed by atoms with van der Waals surface area (Å²) >= 11 is 0. The van der Waals surface area contributed by atoms with Crippen LogP contribution in [0.25, 0.3) is 0 Å². The number of ether oxygens (including phenoxy) is 1. The van der Waals surface area contributed by atoms with Crippen LogP contribution in [0, 0.1) is 24.2 Å². The second kappa shape index (κ2) is 4.87. The molecule has 1 N–H and O–H groups in total. The Labute approximate surface area is 116 Å². The van der Waals surface area contributed by atoms with Gasteiger partial charge < -0.3 is 9.84 Å². The van der Waals surface area contributed by atoms with E-state index in [4.69, 9.17) is 11.2 Å². The second-order valence-electron chi connectivity index (χ2n) is 6.37. The van der Waals surface area contributed by atoms with Gasteiger partial charge in [-0.25, -0.2) is 0 Å². The van der Waals surface area contributed by atoms with Gasteiger partial charge in [-0.05, 0) is 50.0 Å². The van der Waals surface area contributed by atoms with Crippen molar-refractivity contribution >= 4 is 0 Å². The van der Waals surface area contributed by atoms with Crippen LogP contribution in [0.1, 0.15) is 58.3 Å². The number of hydrogen-bond acceptors (Lipinski definition) is 2. The molecule has 1 fully saturated rings. The highest BCUT2D eigenvalue weighted by Crippen LogP contribution is 2.52. The standard InChI is InChI=1S/C17H24O2/c1-3-5-12-6-7-14-13-10-11-17(18,4-2)15(13)8-9-16(14)19-12/h2,12-13,15,18H,3,5-11H2,1H3/t12?,13-,15-,17+/m0/s1. The monoisotopic (exact) mass is 260 g/mol. The molecule has 2 nitrogen and oxygen atoms in total. The highest BCUT2D eigenvalue weighted by Gasteiger charge is 2.50. The van der Waals surface area contributed by atoms with Crippen molar-refractivity contribution in [3.63, 3.8) is 0 Å². The molecule has 0 bridgehead atoms. The van der Waals surface area contributed by atoms with E-state index in [0.29, 0.717) is 12.0 Å². The van der Waals surface area contributed by atoms with E-state index in [0.717, 1.165) is 38.5 Å². The molecule has 2 heteroatoms. The van der Waals surface area contributed by atoms with Crippen LogP contribution in [-0.2, 0) is 4.74 Å². The lowest BCUT2D eigenvalue weighted by Gasteiger charge is -2.39. The molecule has 1 heterocycles. The van der Waals surface area contributed by atoms with Crippen LogP contribution < -0.4 is 0 Å². The molecule has 1 saturated carbocycles. The highest BCUT2D eigenvalue weighted by molar-refractivity contribution is 5.28. The molecule has 0 amide bonds. The van der Waals surface area contributed by atoms with E-state index in [9.17, 15) is 5.11 Å². The van der Waals surface area contributed by atoms with E-state index in [1.807, 2.05) is 0 Å². The molecule has 0 aromatic heterocycles. The summed E-state index contributed by atoms with van der Waals surface area (Å²) in [5.41, 5.74) is 0.624. The SMILES string of the molecule is C#C[C@@]1(O)CC[C@H]2C3=C(CC[C@@H]21)OC(CCC)CC3. The number of allylic oxidation sites excluding steroid dienone is 2. The molecule has 0 spiro atoms. The van der Waals surface area contributed by atoms with Gasteiger partial charge in [-0.1, -0.05) is 19.3 Å². The van der Waals surface area contributed by atoms with Crippen molar-refractivity contribution in [1.82, 2.24) is 0 Å².